The maximum Gasteiger partial charge on any atom is 0.274 e. The molecule has 4 rings (SSSR count). The van der Waals surface area contributed by atoms with Crippen molar-refractivity contribution in [3.8, 4) is 12.1 Å². The summed E-state index contributed by atoms with van der Waals surface area (Å²) in [5.74, 6) is -1.97. The second-order valence-electron chi connectivity index (χ2n) is 6.54. The third kappa shape index (κ3) is 3.10. The molecule has 0 amide bonds. The molecular formula is C22H12F2N4OS. The quantitative estimate of drug-likeness (QED) is 0.690. The molecule has 0 unspecified atom stereocenters. The molecule has 2 heterocycles. The van der Waals surface area contributed by atoms with Gasteiger partial charge >= 0.3 is 0 Å². The zero-order valence-corrected chi connectivity index (χ0v) is 16.1. The second kappa shape index (κ2) is 7.43. The first-order valence-corrected chi connectivity index (χ1v) is 9.55. The molecule has 2 aromatic carbocycles. The number of hydrogen-bond donors (Lipinski definition) is 1. The van der Waals surface area contributed by atoms with Gasteiger partial charge < -0.3 is 5.73 Å². The highest BCUT2D eigenvalue weighted by Gasteiger charge is 2.32. The predicted molar refractivity (Wildman–Crippen MR) is 109 cm³/mol. The normalized spacial score (nSPS) is 16.2. The number of rotatable bonds is 2. The fraction of sp³-hybridized carbons (Fsp3) is 0.0455. The largest absolute Gasteiger partial charge is 0.384 e. The van der Waals surface area contributed by atoms with Crippen LogP contribution < -0.4 is 20.5 Å². The van der Waals surface area contributed by atoms with Crippen molar-refractivity contribution in [3.05, 3.63) is 96.4 Å². The van der Waals surface area contributed by atoms with Crippen LogP contribution >= 0.6 is 11.3 Å². The van der Waals surface area contributed by atoms with E-state index in [0.29, 0.717) is 11.1 Å². The van der Waals surface area contributed by atoms with Gasteiger partial charge in [0.15, 0.2) is 0 Å². The summed E-state index contributed by atoms with van der Waals surface area (Å²) < 4.78 is 28.9. The molecule has 0 spiro atoms. The molecule has 1 aromatic heterocycles. The average molecular weight is 418 g/mol. The number of thiazole rings is 1. The van der Waals surface area contributed by atoms with Crippen molar-refractivity contribution in [1.82, 2.24) is 4.57 Å². The van der Waals surface area contributed by atoms with Gasteiger partial charge in [-0.2, -0.15) is 10.5 Å². The molecule has 0 radical (unpaired) electrons. The minimum atomic E-state index is -0.893. The van der Waals surface area contributed by atoms with Crippen LogP contribution in [0.25, 0.3) is 17.5 Å². The molecule has 0 aliphatic carbocycles. The lowest BCUT2D eigenvalue weighted by atomic mass is 9.84. The Balaban J connectivity index is 2.07. The summed E-state index contributed by atoms with van der Waals surface area (Å²) in [5.41, 5.74) is 6.59. The second-order valence-corrected chi connectivity index (χ2v) is 7.57. The molecule has 0 saturated heterocycles. The Kier molecular flexibility index (Phi) is 4.78. The Morgan fingerprint density at radius 2 is 1.70 bits per heavy atom. The summed E-state index contributed by atoms with van der Waals surface area (Å²) in [5, 5.41) is 19.5. The summed E-state index contributed by atoms with van der Waals surface area (Å²) in [7, 11) is 0. The number of aromatic nitrogens is 1. The Morgan fingerprint density at radius 3 is 2.33 bits per heavy atom. The predicted octanol–water partition coefficient (Wildman–Crippen LogP) is 2.14. The molecule has 0 saturated carbocycles. The summed E-state index contributed by atoms with van der Waals surface area (Å²) >= 11 is 1.01. The highest BCUT2D eigenvalue weighted by Crippen LogP contribution is 2.35. The van der Waals surface area contributed by atoms with Crippen molar-refractivity contribution in [2.24, 2.45) is 5.73 Å². The smallest absolute Gasteiger partial charge is 0.274 e. The van der Waals surface area contributed by atoms with E-state index < -0.39 is 23.1 Å². The van der Waals surface area contributed by atoms with Crippen LogP contribution in [0.4, 0.5) is 8.78 Å². The van der Waals surface area contributed by atoms with Gasteiger partial charge in [0.05, 0.1) is 33.7 Å². The molecule has 1 atom stereocenters. The van der Waals surface area contributed by atoms with Crippen LogP contribution in [-0.4, -0.2) is 4.57 Å². The van der Waals surface area contributed by atoms with Gasteiger partial charge in [0, 0.05) is 0 Å². The third-order valence-corrected chi connectivity index (χ3v) is 5.83. The van der Waals surface area contributed by atoms with Gasteiger partial charge in [-0.1, -0.05) is 24.3 Å². The highest BCUT2D eigenvalue weighted by molar-refractivity contribution is 7.07. The van der Waals surface area contributed by atoms with E-state index in [2.05, 4.69) is 6.07 Å². The fourth-order valence-electron chi connectivity index (χ4n) is 3.42. The first kappa shape index (κ1) is 19.3. The maximum atomic E-state index is 13.8. The van der Waals surface area contributed by atoms with Crippen LogP contribution in [-0.2, 0) is 0 Å². The van der Waals surface area contributed by atoms with E-state index >= 15 is 0 Å². The summed E-state index contributed by atoms with van der Waals surface area (Å²) in [6, 6.07) is 15.3. The van der Waals surface area contributed by atoms with Crippen LogP contribution in [0.15, 0.2) is 58.9 Å². The molecule has 5 nitrogen and oxygen atoms in total. The van der Waals surface area contributed by atoms with Crippen LogP contribution in [0.2, 0.25) is 0 Å². The topological polar surface area (TPSA) is 95.6 Å². The lowest BCUT2D eigenvalue weighted by Gasteiger charge is -2.22. The van der Waals surface area contributed by atoms with Gasteiger partial charge in [-0.05, 0) is 41.5 Å². The molecule has 0 fully saturated rings. The van der Waals surface area contributed by atoms with Crippen molar-refractivity contribution in [1.29, 1.82) is 10.5 Å². The van der Waals surface area contributed by atoms with Crippen LogP contribution in [0.5, 0.6) is 0 Å². The number of nitrogens with zero attached hydrogens (tertiary/aromatic N) is 3. The number of nitrogens with two attached hydrogens (primary N) is 1. The van der Waals surface area contributed by atoms with E-state index in [1.165, 1.54) is 42.5 Å². The summed E-state index contributed by atoms with van der Waals surface area (Å²) in [6.45, 7) is 0. The molecular weight excluding hydrogens is 406 g/mol. The number of nitriles is 2. The van der Waals surface area contributed by atoms with Gasteiger partial charge in [0.1, 0.15) is 22.1 Å². The first-order chi connectivity index (χ1) is 14.4. The van der Waals surface area contributed by atoms with E-state index in [-0.39, 0.29) is 26.2 Å². The molecule has 8 heteroatoms. The van der Waals surface area contributed by atoms with E-state index in [1.807, 2.05) is 6.07 Å². The lowest BCUT2D eigenvalue weighted by molar-refractivity contribution is 0.625. The Labute approximate surface area is 173 Å². The van der Waals surface area contributed by atoms with Crippen LogP contribution in [0, 0.1) is 34.3 Å². The zero-order valence-electron chi connectivity index (χ0n) is 15.3. The molecule has 1 aliphatic heterocycles. The third-order valence-electron chi connectivity index (χ3n) is 4.72. The van der Waals surface area contributed by atoms with Gasteiger partial charge in [-0.15, -0.1) is 11.3 Å². The van der Waals surface area contributed by atoms with Crippen molar-refractivity contribution in [3.63, 3.8) is 0 Å². The lowest BCUT2D eigenvalue weighted by Crippen LogP contribution is -2.38. The SMILES string of the molecule is N#CC1=C(N)n2c(s/c(=C/c3cccc(F)c3)c2=O)=C(C#N)[C@H]1c1cccc(F)c1. The molecule has 3 aromatic rings. The van der Waals surface area contributed by atoms with E-state index in [4.69, 9.17) is 5.73 Å². The number of halogens is 2. The zero-order chi connectivity index (χ0) is 21.4. The Hall–Kier alpha value is -4.01. The van der Waals surface area contributed by atoms with E-state index in [1.54, 1.807) is 12.1 Å². The molecule has 2 N–H and O–H groups in total. The average Bonchev–Trinajstić information content (AvgIpc) is 3.04. The Bertz CT molecular complexity index is 1480. The summed E-state index contributed by atoms with van der Waals surface area (Å²) in [4.78, 5) is 13.0. The molecule has 0 bridgehead atoms. The standard InChI is InChI=1S/C22H12F2N4OS/c23-14-5-1-3-12(7-14)8-18-21(29)28-20(27)16(10-25)19(17(11-26)22(28)30-18)13-4-2-6-15(24)9-13/h1-9,19H,27H2/b18-8+/t19-/m0/s1. The van der Waals surface area contributed by atoms with Gasteiger partial charge in [-0.25, -0.2) is 8.78 Å². The maximum absolute atomic E-state index is 13.8. The monoisotopic (exact) mass is 418 g/mol. The minimum Gasteiger partial charge on any atom is -0.384 e. The van der Waals surface area contributed by atoms with Crippen molar-refractivity contribution in [2.75, 3.05) is 0 Å². The Morgan fingerprint density at radius 1 is 1.03 bits per heavy atom. The van der Waals surface area contributed by atoms with Gasteiger partial charge in [-0.3, -0.25) is 9.36 Å². The van der Waals surface area contributed by atoms with Crippen molar-refractivity contribution in [2.45, 2.75) is 5.92 Å². The number of benzene rings is 2. The molecule has 146 valence electrons. The van der Waals surface area contributed by atoms with Gasteiger partial charge in [0.2, 0.25) is 0 Å². The summed E-state index contributed by atoms with van der Waals surface area (Å²) in [6.07, 6.45) is 1.49. The van der Waals surface area contributed by atoms with Crippen LogP contribution in [0.1, 0.15) is 17.0 Å². The molecule has 1 aliphatic rings. The highest BCUT2D eigenvalue weighted by atomic mass is 32.1. The fourth-order valence-corrected chi connectivity index (χ4v) is 4.55. The van der Waals surface area contributed by atoms with E-state index in [0.717, 1.165) is 15.9 Å². The van der Waals surface area contributed by atoms with Gasteiger partial charge in [0.25, 0.3) is 5.56 Å². The minimum absolute atomic E-state index is 0.0122. The number of allylic oxidation sites excluding steroid dienone is 1. The van der Waals surface area contributed by atoms with E-state index in [9.17, 15) is 24.1 Å². The first-order valence-electron chi connectivity index (χ1n) is 8.73. The number of fused-ring (bicyclic) bond motifs is 1. The number of hydrogen-bond acceptors (Lipinski definition) is 5. The molecule has 30 heavy (non-hydrogen) atoms. The van der Waals surface area contributed by atoms with Crippen molar-refractivity contribution >= 4 is 28.8 Å². The van der Waals surface area contributed by atoms with Crippen LogP contribution in [0.3, 0.4) is 0 Å². The van der Waals surface area contributed by atoms with Crippen molar-refractivity contribution < 1.29 is 8.78 Å².